The van der Waals surface area contributed by atoms with E-state index in [2.05, 4.69) is 47.5 Å². The smallest absolute Gasteiger partial charge is 0.203 e. The molecule has 0 aromatic heterocycles. The molecule has 0 spiro atoms. The van der Waals surface area contributed by atoms with Crippen LogP contribution < -0.4 is 19.5 Å². The average Bonchev–Trinajstić information content (AvgIpc) is 3.28. The monoisotopic (exact) mass is 411 g/mol. The van der Waals surface area contributed by atoms with E-state index in [-0.39, 0.29) is 0 Å². The van der Waals surface area contributed by atoms with Crippen molar-refractivity contribution in [3.05, 3.63) is 53.6 Å². The first-order valence-electron chi connectivity index (χ1n) is 10.6. The molecule has 6 nitrogen and oxygen atoms in total. The van der Waals surface area contributed by atoms with Crippen molar-refractivity contribution < 1.29 is 14.2 Å². The molecule has 1 unspecified atom stereocenters. The van der Waals surface area contributed by atoms with Gasteiger partial charge >= 0.3 is 0 Å². The molecular weight excluding hydrogens is 378 g/mol. The van der Waals surface area contributed by atoms with Crippen molar-refractivity contribution in [3.8, 4) is 17.2 Å². The lowest BCUT2D eigenvalue weighted by molar-refractivity contribution is 0.322. The minimum atomic E-state index is 0.556. The Balaban J connectivity index is 1.69. The second-order valence-electron chi connectivity index (χ2n) is 7.32. The van der Waals surface area contributed by atoms with E-state index in [1.165, 1.54) is 5.56 Å². The molecule has 0 aliphatic carbocycles. The highest BCUT2D eigenvalue weighted by Gasteiger charge is 2.26. The van der Waals surface area contributed by atoms with Crippen molar-refractivity contribution >= 4 is 5.96 Å². The number of guanidine groups is 1. The van der Waals surface area contributed by atoms with Gasteiger partial charge in [0.25, 0.3) is 0 Å². The van der Waals surface area contributed by atoms with Gasteiger partial charge in [0.2, 0.25) is 5.75 Å². The molecule has 162 valence electrons. The summed E-state index contributed by atoms with van der Waals surface area (Å²) in [6.07, 6.45) is 1.91. The number of methoxy groups -OCH3 is 3. The molecule has 2 aromatic rings. The van der Waals surface area contributed by atoms with Crippen LogP contribution in [-0.2, 0) is 6.42 Å². The van der Waals surface area contributed by atoms with E-state index in [4.69, 9.17) is 19.2 Å². The highest BCUT2D eigenvalue weighted by molar-refractivity contribution is 5.80. The highest BCUT2D eigenvalue weighted by atomic mass is 16.5. The van der Waals surface area contributed by atoms with Crippen LogP contribution in [0.15, 0.2) is 47.5 Å². The Morgan fingerprint density at radius 3 is 2.47 bits per heavy atom. The SMILES string of the molecule is CCNC(=NCCc1ccc(OC)c(OC)c1OC)N1CCC(c2ccccc2)C1. The Kier molecular flexibility index (Phi) is 7.82. The summed E-state index contributed by atoms with van der Waals surface area (Å²) < 4.78 is 16.5. The molecule has 0 saturated carbocycles. The van der Waals surface area contributed by atoms with Gasteiger partial charge in [0.05, 0.1) is 21.3 Å². The van der Waals surface area contributed by atoms with Crippen molar-refractivity contribution in [2.45, 2.75) is 25.7 Å². The van der Waals surface area contributed by atoms with Crippen molar-refractivity contribution in [3.63, 3.8) is 0 Å². The van der Waals surface area contributed by atoms with Gasteiger partial charge in [0.15, 0.2) is 17.5 Å². The maximum atomic E-state index is 5.60. The third-order valence-electron chi connectivity index (χ3n) is 5.52. The number of hydrogen-bond donors (Lipinski definition) is 1. The third-order valence-corrected chi connectivity index (χ3v) is 5.52. The van der Waals surface area contributed by atoms with Crippen molar-refractivity contribution in [2.24, 2.45) is 4.99 Å². The van der Waals surface area contributed by atoms with Crippen LogP contribution in [0, 0.1) is 0 Å². The first-order valence-corrected chi connectivity index (χ1v) is 10.6. The number of ether oxygens (including phenoxy) is 3. The molecule has 1 atom stereocenters. The minimum absolute atomic E-state index is 0.556. The van der Waals surface area contributed by atoms with Gasteiger partial charge in [-0.15, -0.1) is 0 Å². The number of nitrogens with one attached hydrogen (secondary N) is 1. The van der Waals surface area contributed by atoms with Crippen LogP contribution in [0.5, 0.6) is 17.2 Å². The quantitative estimate of drug-likeness (QED) is 0.530. The zero-order valence-electron chi connectivity index (χ0n) is 18.5. The predicted molar refractivity (Wildman–Crippen MR) is 121 cm³/mol. The summed E-state index contributed by atoms with van der Waals surface area (Å²) in [6, 6.07) is 14.7. The Morgan fingerprint density at radius 2 is 1.80 bits per heavy atom. The van der Waals surface area contributed by atoms with Crippen molar-refractivity contribution in [1.29, 1.82) is 0 Å². The number of likely N-dealkylation sites (tertiary alicyclic amines) is 1. The van der Waals surface area contributed by atoms with E-state index >= 15 is 0 Å². The average molecular weight is 412 g/mol. The van der Waals surface area contributed by atoms with Crippen LogP contribution in [0.1, 0.15) is 30.4 Å². The Hall–Kier alpha value is -2.89. The molecule has 0 amide bonds. The standard InChI is InChI=1S/C24H33N3O3/c1-5-25-24(27-16-14-20(17-27)18-9-7-6-8-10-18)26-15-13-19-11-12-21(28-2)23(30-4)22(19)29-3/h6-12,20H,5,13-17H2,1-4H3,(H,25,26). The van der Waals surface area contributed by atoms with Gasteiger partial charge in [0, 0.05) is 37.7 Å². The number of rotatable bonds is 8. The fourth-order valence-corrected chi connectivity index (χ4v) is 4.02. The zero-order valence-corrected chi connectivity index (χ0v) is 18.5. The second kappa shape index (κ2) is 10.8. The van der Waals surface area contributed by atoms with E-state index in [9.17, 15) is 0 Å². The summed E-state index contributed by atoms with van der Waals surface area (Å²) >= 11 is 0. The lowest BCUT2D eigenvalue weighted by Crippen LogP contribution is -2.40. The largest absolute Gasteiger partial charge is 0.493 e. The molecule has 0 radical (unpaired) electrons. The summed E-state index contributed by atoms with van der Waals surface area (Å²) in [5, 5.41) is 3.45. The first-order chi connectivity index (χ1) is 14.7. The fourth-order valence-electron chi connectivity index (χ4n) is 4.02. The molecule has 1 N–H and O–H groups in total. The molecule has 1 saturated heterocycles. The molecule has 0 bridgehead atoms. The van der Waals surface area contributed by atoms with Crippen LogP contribution in [-0.4, -0.2) is 58.4 Å². The first kappa shape index (κ1) is 21.8. The van der Waals surface area contributed by atoms with Crippen LogP contribution in [0.25, 0.3) is 0 Å². The van der Waals surface area contributed by atoms with Gasteiger partial charge in [-0.25, -0.2) is 0 Å². The Bertz CT molecular complexity index is 839. The van der Waals surface area contributed by atoms with Crippen LogP contribution in [0.2, 0.25) is 0 Å². The van der Waals surface area contributed by atoms with Crippen LogP contribution >= 0.6 is 0 Å². The maximum absolute atomic E-state index is 5.60. The minimum Gasteiger partial charge on any atom is -0.493 e. The summed E-state index contributed by atoms with van der Waals surface area (Å²) in [4.78, 5) is 7.26. The summed E-state index contributed by atoms with van der Waals surface area (Å²) in [7, 11) is 4.91. The van der Waals surface area contributed by atoms with Crippen LogP contribution in [0.4, 0.5) is 0 Å². The van der Waals surface area contributed by atoms with E-state index < -0.39 is 0 Å². The maximum Gasteiger partial charge on any atom is 0.203 e. The normalized spacial score (nSPS) is 16.5. The topological polar surface area (TPSA) is 55.3 Å². The van der Waals surface area contributed by atoms with E-state index in [1.54, 1.807) is 21.3 Å². The molecule has 1 aliphatic rings. The van der Waals surface area contributed by atoms with Gasteiger partial charge < -0.3 is 24.4 Å². The lowest BCUT2D eigenvalue weighted by atomic mass is 9.99. The van der Waals surface area contributed by atoms with Gasteiger partial charge in [-0.3, -0.25) is 4.99 Å². The number of nitrogens with zero attached hydrogens (tertiary/aromatic N) is 2. The van der Waals surface area contributed by atoms with Crippen molar-refractivity contribution in [1.82, 2.24) is 10.2 Å². The van der Waals surface area contributed by atoms with Gasteiger partial charge in [-0.2, -0.15) is 0 Å². The predicted octanol–water partition coefficient (Wildman–Crippen LogP) is 3.71. The molecule has 1 heterocycles. The lowest BCUT2D eigenvalue weighted by Gasteiger charge is -2.22. The van der Waals surface area contributed by atoms with Gasteiger partial charge in [0.1, 0.15) is 0 Å². The molecule has 6 heteroatoms. The number of aliphatic imine (C=N–C) groups is 1. The van der Waals surface area contributed by atoms with E-state index in [0.29, 0.717) is 29.7 Å². The second-order valence-corrected chi connectivity index (χ2v) is 7.32. The third kappa shape index (κ3) is 4.99. The highest BCUT2D eigenvalue weighted by Crippen LogP contribution is 2.39. The molecular formula is C24H33N3O3. The Morgan fingerprint density at radius 1 is 1.03 bits per heavy atom. The molecule has 3 rings (SSSR count). The summed E-state index contributed by atoms with van der Waals surface area (Å²) in [6.45, 7) is 5.64. The Labute approximate surface area is 179 Å². The molecule has 30 heavy (non-hydrogen) atoms. The van der Waals surface area contributed by atoms with E-state index in [1.807, 2.05) is 12.1 Å². The molecule has 1 fully saturated rings. The number of benzene rings is 2. The number of hydrogen-bond acceptors (Lipinski definition) is 4. The van der Waals surface area contributed by atoms with Gasteiger partial charge in [-0.1, -0.05) is 36.4 Å². The molecule has 1 aliphatic heterocycles. The fraction of sp³-hybridized carbons (Fsp3) is 0.458. The summed E-state index contributed by atoms with van der Waals surface area (Å²) in [5.41, 5.74) is 2.46. The van der Waals surface area contributed by atoms with Crippen LogP contribution in [0.3, 0.4) is 0 Å². The van der Waals surface area contributed by atoms with E-state index in [0.717, 1.165) is 44.0 Å². The molecule has 2 aromatic carbocycles. The zero-order chi connectivity index (χ0) is 21.3. The van der Waals surface area contributed by atoms with Crippen molar-refractivity contribution in [2.75, 3.05) is 47.5 Å². The van der Waals surface area contributed by atoms with Gasteiger partial charge in [-0.05, 0) is 31.4 Å². The summed E-state index contributed by atoms with van der Waals surface area (Å²) in [5.74, 6) is 3.54.